The quantitative estimate of drug-likeness (QED) is 0.694. The van der Waals surface area contributed by atoms with Crippen molar-refractivity contribution in [2.45, 2.75) is 0 Å². The summed E-state index contributed by atoms with van der Waals surface area (Å²) in [5.74, 6) is 0.637. The normalized spacial score (nSPS) is 9.92. The van der Waals surface area contributed by atoms with E-state index in [-0.39, 0.29) is 0 Å². The molecule has 0 spiro atoms. The molecule has 0 aliphatic heterocycles. The highest BCUT2D eigenvalue weighted by atomic mass is 35.5. The molecular formula is C9H6ClN3. The van der Waals surface area contributed by atoms with Crippen molar-refractivity contribution in [1.29, 1.82) is 0 Å². The van der Waals surface area contributed by atoms with Crippen molar-refractivity contribution in [3.05, 3.63) is 41.9 Å². The van der Waals surface area contributed by atoms with Crippen LogP contribution in [0.5, 0.6) is 0 Å². The standard InChI is InChI=1S/C9H6ClN3/c10-8-4-7(5-11-6-8)9-12-2-1-3-13-9/h1-6H. The minimum atomic E-state index is 0.588. The fraction of sp³-hybridized carbons (Fsp3) is 0. The highest BCUT2D eigenvalue weighted by Crippen LogP contribution is 2.16. The molecule has 0 bridgehead atoms. The van der Waals surface area contributed by atoms with Crippen LogP contribution >= 0.6 is 11.6 Å². The Morgan fingerprint density at radius 1 is 1.08 bits per heavy atom. The van der Waals surface area contributed by atoms with Crippen LogP contribution in [0.2, 0.25) is 5.02 Å². The first-order chi connectivity index (χ1) is 6.36. The van der Waals surface area contributed by atoms with Gasteiger partial charge in [-0.15, -0.1) is 0 Å². The van der Waals surface area contributed by atoms with Gasteiger partial charge in [-0.05, 0) is 12.1 Å². The smallest absolute Gasteiger partial charge is 0.160 e. The molecule has 64 valence electrons. The Kier molecular flexibility index (Phi) is 2.19. The van der Waals surface area contributed by atoms with Crippen molar-refractivity contribution < 1.29 is 0 Å². The van der Waals surface area contributed by atoms with Crippen LogP contribution in [0.1, 0.15) is 0 Å². The molecule has 0 saturated carbocycles. The summed E-state index contributed by atoms with van der Waals surface area (Å²) in [7, 11) is 0. The van der Waals surface area contributed by atoms with E-state index in [1.807, 2.05) is 0 Å². The van der Waals surface area contributed by atoms with Gasteiger partial charge in [0.05, 0.1) is 5.02 Å². The average molecular weight is 192 g/mol. The maximum Gasteiger partial charge on any atom is 0.160 e. The van der Waals surface area contributed by atoms with Gasteiger partial charge in [-0.2, -0.15) is 0 Å². The summed E-state index contributed by atoms with van der Waals surface area (Å²) < 4.78 is 0. The molecular weight excluding hydrogens is 186 g/mol. The van der Waals surface area contributed by atoms with Gasteiger partial charge >= 0.3 is 0 Å². The van der Waals surface area contributed by atoms with Crippen LogP contribution in [-0.4, -0.2) is 15.0 Å². The number of rotatable bonds is 1. The summed E-state index contributed by atoms with van der Waals surface area (Å²) in [5, 5.41) is 0.588. The van der Waals surface area contributed by atoms with Crippen LogP contribution in [0.3, 0.4) is 0 Å². The largest absolute Gasteiger partial charge is 0.262 e. The maximum absolute atomic E-state index is 5.78. The Labute approximate surface area is 80.5 Å². The average Bonchev–Trinajstić information content (AvgIpc) is 2.19. The van der Waals surface area contributed by atoms with E-state index >= 15 is 0 Å². The third-order valence-electron chi connectivity index (χ3n) is 1.53. The first-order valence-electron chi connectivity index (χ1n) is 3.74. The lowest BCUT2D eigenvalue weighted by molar-refractivity contribution is 1.16. The molecule has 2 aromatic heterocycles. The number of nitrogens with zero attached hydrogens (tertiary/aromatic N) is 3. The van der Waals surface area contributed by atoms with Crippen LogP contribution in [0, 0.1) is 0 Å². The molecule has 0 unspecified atom stereocenters. The number of halogens is 1. The predicted octanol–water partition coefficient (Wildman–Crippen LogP) is 2.19. The summed E-state index contributed by atoms with van der Waals surface area (Å²) in [6.07, 6.45) is 6.63. The highest BCUT2D eigenvalue weighted by molar-refractivity contribution is 6.30. The van der Waals surface area contributed by atoms with E-state index in [2.05, 4.69) is 15.0 Å². The van der Waals surface area contributed by atoms with Crippen LogP contribution in [0.25, 0.3) is 11.4 Å². The third kappa shape index (κ3) is 1.81. The number of hydrogen-bond acceptors (Lipinski definition) is 3. The van der Waals surface area contributed by atoms with Crippen molar-refractivity contribution in [1.82, 2.24) is 15.0 Å². The molecule has 0 aromatic carbocycles. The first kappa shape index (κ1) is 8.13. The molecule has 0 N–H and O–H groups in total. The van der Waals surface area contributed by atoms with Gasteiger partial charge in [-0.3, -0.25) is 4.98 Å². The fourth-order valence-corrected chi connectivity index (χ4v) is 1.16. The fourth-order valence-electron chi connectivity index (χ4n) is 0.982. The first-order valence-corrected chi connectivity index (χ1v) is 4.12. The van der Waals surface area contributed by atoms with E-state index in [1.54, 1.807) is 36.9 Å². The minimum Gasteiger partial charge on any atom is -0.262 e. The Bertz CT molecular complexity index is 403. The molecule has 0 fully saturated rings. The van der Waals surface area contributed by atoms with Gasteiger partial charge < -0.3 is 0 Å². The summed E-state index contributed by atoms with van der Waals surface area (Å²) in [4.78, 5) is 12.1. The van der Waals surface area contributed by atoms with E-state index in [0.717, 1.165) is 5.56 Å². The van der Waals surface area contributed by atoms with Gasteiger partial charge in [0.2, 0.25) is 0 Å². The second kappa shape index (κ2) is 3.49. The van der Waals surface area contributed by atoms with E-state index in [1.165, 1.54) is 0 Å². The topological polar surface area (TPSA) is 38.7 Å². The highest BCUT2D eigenvalue weighted by Gasteiger charge is 1.99. The molecule has 0 saturated heterocycles. The van der Waals surface area contributed by atoms with E-state index < -0.39 is 0 Å². The van der Waals surface area contributed by atoms with E-state index in [9.17, 15) is 0 Å². The number of aromatic nitrogens is 3. The molecule has 2 heterocycles. The molecule has 0 atom stereocenters. The lowest BCUT2D eigenvalue weighted by Crippen LogP contribution is -1.87. The van der Waals surface area contributed by atoms with Gasteiger partial charge in [0, 0.05) is 30.4 Å². The van der Waals surface area contributed by atoms with Crippen LogP contribution in [0.15, 0.2) is 36.9 Å². The maximum atomic E-state index is 5.78. The molecule has 2 rings (SSSR count). The van der Waals surface area contributed by atoms with E-state index in [4.69, 9.17) is 11.6 Å². The zero-order valence-corrected chi connectivity index (χ0v) is 7.44. The molecule has 0 aliphatic rings. The Balaban J connectivity index is 2.48. The van der Waals surface area contributed by atoms with Crippen LogP contribution in [-0.2, 0) is 0 Å². The predicted molar refractivity (Wildman–Crippen MR) is 50.3 cm³/mol. The summed E-state index contributed by atoms with van der Waals surface area (Å²) in [6.45, 7) is 0. The third-order valence-corrected chi connectivity index (χ3v) is 1.74. The van der Waals surface area contributed by atoms with Crippen molar-refractivity contribution in [3.63, 3.8) is 0 Å². The van der Waals surface area contributed by atoms with Gasteiger partial charge in [-0.25, -0.2) is 9.97 Å². The summed E-state index contributed by atoms with van der Waals surface area (Å²) in [5.41, 5.74) is 0.827. The number of pyridine rings is 1. The number of hydrogen-bond donors (Lipinski definition) is 0. The Morgan fingerprint density at radius 2 is 1.85 bits per heavy atom. The molecule has 0 amide bonds. The zero-order valence-electron chi connectivity index (χ0n) is 6.68. The molecule has 13 heavy (non-hydrogen) atoms. The molecule has 2 aromatic rings. The summed E-state index contributed by atoms with van der Waals surface area (Å²) in [6, 6.07) is 3.55. The molecule has 3 nitrogen and oxygen atoms in total. The SMILES string of the molecule is Clc1cncc(-c2ncccn2)c1. The van der Waals surface area contributed by atoms with Gasteiger partial charge in [0.25, 0.3) is 0 Å². The van der Waals surface area contributed by atoms with Crippen LogP contribution < -0.4 is 0 Å². The molecule has 0 aliphatic carbocycles. The van der Waals surface area contributed by atoms with Crippen molar-refractivity contribution in [2.24, 2.45) is 0 Å². The van der Waals surface area contributed by atoms with Crippen molar-refractivity contribution in [3.8, 4) is 11.4 Å². The van der Waals surface area contributed by atoms with Gasteiger partial charge in [-0.1, -0.05) is 11.6 Å². The van der Waals surface area contributed by atoms with Gasteiger partial charge in [0.1, 0.15) is 0 Å². The van der Waals surface area contributed by atoms with Crippen LogP contribution in [0.4, 0.5) is 0 Å². The van der Waals surface area contributed by atoms with E-state index in [0.29, 0.717) is 10.8 Å². The minimum absolute atomic E-state index is 0.588. The van der Waals surface area contributed by atoms with Crippen molar-refractivity contribution in [2.75, 3.05) is 0 Å². The Hall–Kier alpha value is -1.48. The lowest BCUT2D eigenvalue weighted by atomic mass is 10.3. The van der Waals surface area contributed by atoms with Gasteiger partial charge in [0.15, 0.2) is 5.82 Å². The molecule has 0 radical (unpaired) electrons. The second-order valence-corrected chi connectivity index (χ2v) is 2.90. The second-order valence-electron chi connectivity index (χ2n) is 2.46. The summed E-state index contributed by atoms with van der Waals surface area (Å²) >= 11 is 5.78. The zero-order chi connectivity index (χ0) is 9.10. The lowest BCUT2D eigenvalue weighted by Gasteiger charge is -1.97. The monoisotopic (exact) mass is 191 g/mol. The molecule has 4 heteroatoms. The Morgan fingerprint density at radius 3 is 2.54 bits per heavy atom. The van der Waals surface area contributed by atoms with Crippen molar-refractivity contribution >= 4 is 11.6 Å².